The van der Waals surface area contributed by atoms with Gasteiger partial charge in [0.15, 0.2) is 0 Å². The molecule has 2 rings (SSSR count). The molecule has 0 aliphatic carbocycles. The van der Waals surface area contributed by atoms with Crippen LogP contribution in [0.25, 0.3) is 0 Å². The highest BCUT2D eigenvalue weighted by Gasteiger charge is 2.23. The topological polar surface area (TPSA) is 15.3 Å². The number of nitrogens with zero attached hydrogens (tertiary/aromatic N) is 1. The minimum absolute atomic E-state index is 0.508. The van der Waals surface area contributed by atoms with E-state index in [1.54, 1.807) is 0 Å². The minimum atomic E-state index is 0.508. The highest BCUT2D eigenvalue weighted by molar-refractivity contribution is 7.98. The summed E-state index contributed by atoms with van der Waals surface area (Å²) in [5, 5.41) is 3.91. The third-order valence-electron chi connectivity index (χ3n) is 3.75. The van der Waals surface area contributed by atoms with Crippen LogP contribution in [-0.4, -0.2) is 37.3 Å². The van der Waals surface area contributed by atoms with Crippen LogP contribution in [0, 0.1) is 5.92 Å². The van der Waals surface area contributed by atoms with Gasteiger partial charge in [-0.3, -0.25) is 0 Å². The van der Waals surface area contributed by atoms with E-state index in [1.165, 1.54) is 23.3 Å². The monoisotopic (exact) mass is 292 g/mol. The fourth-order valence-corrected chi connectivity index (χ4v) is 4.12. The highest BCUT2D eigenvalue weighted by Crippen LogP contribution is 2.32. The summed E-state index contributed by atoms with van der Waals surface area (Å²) in [5.41, 5.74) is 3.02. The molecule has 0 amide bonds. The second-order valence-electron chi connectivity index (χ2n) is 6.52. The van der Waals surface area contributed by atoms with Gasteiger partial charge in [-0.25, -0.2) is 0 Å². The van der Waals surface area contributed by atoms with Gasteiger partial charge in [0, 0.05) is 30.1 Å². The van der Waals surface area contributed by atoms with Gasteiger partial charge in [0.05, 0.1) is 0 Å². The van der Waals surface area contributed by atoms with Crippen LogP contribution in [0.4, 0.5) is 0 Å². The Hall–Kier alpha value is -0.510. The fourth-order valence-electron chi connectivity index (χ4n) is 3.01. The molecule has 0 spiro atoms. The first-order valence-electron chi connectivity index (χ1n) is 7.62. The van der Waals surface area contributed by atoms with E-state index in [2.05, 4.69) is 62.4 Å². The van der Waals surface area contributed by atoms with Gasteiger partial charge in [-0.05, 0) is 37.6 Å². The molecule has 1 aliphatic heterocycles. The van der Waals surface area contributed by atoms with Crippen LogP contribution in [0.15, 0.2) is 24.3 Å². The predicted octanol–water partition coefficient (Wildman–Crippen LogP) is 3.54. The smallest absolute Gasteiger partial charge is 0.0417 e. The van der Waals surface area contributed by atoms with Crippen molar-refractivity contribution in [1.29, 1.82) is 0 Å². The number of hydrogen-bond acceptors (Lipinski definition) is 3. The molecular weight excluding hydrogens is 264 g/mol. The average Bonchev–Trinajstić information content (AvgIpc) is 2.37. The Morgan fingerprint density at radius 2 is 2.05 bits per heavy atom. The quantitative estimate of drug-likeness (QED) is 0.863. The summed E-state index contributed by atoms with van der Waals surface area (Å²) in [6.07, 6.45) is 1.24. The number of fused-ring (bicyclic) bond motifs is 1. The van der Waals surface area contributed by atoms with Gasteiger partial charge in [0.25, 0.3) is 0 Å². The van der Waals surface area contributed by atoms with Gasteiger partial charge in [-0.15, -0.1) is 0 Å². The molecule has 1 aliphatic rings. The fraction of sp³-hybridized carbons (Fsp3) is 0.647. The van der Waals surface area contributed by atoms with Crippen molar-refractivity contribution in [2.45, 2.75) is 38.1 Å². The summed E-state index contributed by atoms with van der Waals surface area (Å²) < 4.78 is 0. The lowest BCUT2D eigenvalue weighted by Crippen LogP contribution is -2.42. The number of likely N-dealkylation sites (N-methyl/N-ethyl adjacent to an activating group) is 1. The lowest BCUT2D eigenvalue weighted by molar-refractivity contribution is 0.291. The largest absolute Gasteiger partial charge is 0.308 e. The Labute approximate surface area is 128 Å². The van der Waals surface area contributed by atoms with Crippen LogP contribution in [0.5, 0.6) is 0 Å². The number of nitrogens with one attached hydrogen (secondary N) is 1. The molecule has 1 heterocycles. The van der Waals surface area contributed by atoms with Crippen LogP contribution < -0.4 is 5.32 Å². The number of benzene rings is 1. The predicted molar refractivity (Wildman–Crippen MR) is 90.3 cm³/mol. The Morgan fingerprint density at radius 1 is 1.30 bits per heavy atom. The van der Waals surface area contributed by atoms with Crippen LogP contribution in [0.3, 0.4) is 0 Å². The molecule has 20 heavy (non-hydrogen) atoms. The van der Waals surface area contributed by atoms with Crippen molar-refractivity contribution in [3.63, 3.8) is 0 Å². The molecule has 0 fully saturated rings. The zero-order valence-electron chi connectivity index (χ0n) is 13.2. The van der Waals surface area contributed by atoms with Crippen molar-refractivity contribution < 1.29 is 0 Å². The molecule has 0 radical (unpaired) electrons. The van der Waals surface area contributed by atoms with Gasteiger partial charge < -0.3 is 10.2 Å². The number of hydrogen-bond donors (Lipinski definition) is 1. The van der Waals surface area contributed by atoms with Crippen LogP contribution >= 0.6 is 11.8 Å². The molecule has 0 bridgehead atoms. The van der Waals surface area contributed by atoms with E-state index in [-0.39, 0.29) is 0 Å². The van der Waals surface area contributed by atoms with E-state index < -0.39 is 0 Å². The Bertz CT molecular complexity index is 407. The van der Waals surface area contributed by atoms with Crippen LogP contribution in [0.2, 0.25) is 0 Å². The maximum Gasteiger partial charge on any atom is 0.0417 e. The lowest BCUT2D eigenvalue weighted by atomic mass is 9.98. The Morgan fingerprint density at radius 3 is 2.75 bits per heavy atom. The third-order valence-corrected chi connectivity index (χ3v) is 4.84. The van der Waals surface area contributed by atoms with Crippen LogP contribution in [0.1, 0.15) is 37.4 Å². The minimum Gasteiger partial charge on any atom is -0.308 e. The first-order chi connectivity index (χ1) is 9.56. The zero-order valence-corrected chi connectivity index (χ0v) is 14.0. The molecule has 0 saturated carbocycles. The molecule has 2 unspecified atom stereocenters. The van der Waals surface area contributed by atoms with Gasteiger partial charge in [0.1, 0.15) is 0 Å². The van der Waals surface area contributed by atoms with Crippen LogP contribution in [-0.2, 0) is 5.75 Å². The van der Waals surface area contributed by atoms with Crippen molar-refractivity contribution >= 4 is 11.8 Å². The van der Waals surface area contributed by atoms with E-state index in [0.717, 1.165) is 18.2 Å². The SMILES string of the molecule is CC(C)CC(CN(C)C)NC1CSCc2ccccc21. The molecule has 1 N–H and O–H groups in total. The molecular formula is C17H28N2S. The summed E-state index contributed by atoms with van der Waals surface area (Å²) >= 11 is 2.05. The van der Waals surface area contributed by atoms with Gasteiger partial charge in [-0.2, -0.15) is 11.8 Å². The van der Waals surface area contributed by atoms with E-state index in [1.807, 2.05) is 11.8 Å². The van der Waals surface area contributed by atoms with Gasteiger partial charge in [0.2, 0.25) is 0 Å². The number of thioether (sulfide) groups is 1. The maximum atomic E-state index is 3.91. The van der Waals surface area contributed by atoms with Crippen molar-refractivity contribution in [1.82, 2.24) is 10.2 Å². The molecule has 1 aromatic rings. The lowest BCUT2D eigenvalue weighted by Gasteiger charge is -2.32. The second-order valence-corrected chi connectivity index (χ2v) is 7.55. The summed E-state index contributed by atoms with van der Waals surface area (Å²) in [4.78, 5) is 2.29. The molecule has 3 heteroatoms. The van der Waals surface area contributed by atoms with Crippen molar-refractivity contribution in [2.75, 3.05) is 26.4 Å². The summed E-state index contributed by atoms with van der Waals surface area (Å²) in [5.74, 6) is 3.09. The molecule has 0 saturated heterocycles. The molecule has 2 atom stereocenters. The maximum absolute atomic E-state index is 3.91. The average molecular weight is 292 g/mol. The van der Waals surface area contributed by atoms with E-state index >= 15 is 0 Å². The summed E-state index contributed by atoms with van der Waals surface area (Å²) in [6, 6.07) is 9.99. The number of rotatable bonds is 6. The van der Waals surface area contributed by atoms with Crippen molar-refractivity contribution in [3.8, 4) is 0 Å². The Kier molecular flexibility index (Phi) is 5.94. The van der Waals surface area contributed by atoms with Crippen molar-refractivity contribution in [2.24, 2.45) is 5.92 Å². The first kappa shape index (κ1) is 15.9. The summed E-state index contributed by atoms with van der Waals surface area (Å²) in [7, 11) is 4.33. The standard InChI is InChI=1S/C17H28N2S/c1-13(2)9-15(10-19(3)4)18-17-12-20-11-14-7-5-6-8-16(14)17/h5-8,13,15,17-18H,9-12H2,1-4H3. The molecule has 112 valence electrons. The Balaban J connectivity index is 2.07. The van der Waals surface area contributed by atoms with E-state index in [9.17, 15) is 0 Å². The molecule has 0 aromatic heterocycles. The second kappa shape index (κ2) is 7.48. The molecule has 1 aromatic carbocycles. The van der Waals surface area contributed by atoms with Gasteiger partial charge in [-0.1, -0.05) is 38.1 Å². The first-order valence-corrected chi connectivity index (χ1v) is 8.78. The molecule has 2 nitrogen and oxygen atoms in total. The highest BCUT2D eigenvalue weighted by atomic mass is 32.2. The van der Waals surface area contributed by atoms with Gasteiger partial charge >= 0.3 is 0 Å². The van der Waals surface area contributed by atoms with Crippen molar-refractivity contribution in [3.05, 3.63) is 35.4 Å². The van der Waals surface area contributed by atoms with E-state index in [0.29, 0.717) is 12.1 Å². The normalized spacial score (nSPS) is 20.2. The summed E-state index contributed by atoms with van der Waals surface area (Å²) in [6.45, 7) is 5.74. The third kappa shape index (κ3) is 4.51. The van der Waals surface area contributed by atoms with E-state index in [4.69, 9.17) is 0 Å². The zero-order chi connectivity index (χ0) is 14.5.